The van der Waals surface area contributed by atoms with Crippen LogP contribution in [0, 0.1) is 0 Å². The summed E-state index contributed by atoms with van der Waals surface area (Å²) in [5.41, 5.74) is -4.75. The molecule has 1 saturated heterocycles. The summed E-state index contributed by atoms with van der Waals surface area (Å²) in [7, 11) is 0. The van der Waals surface area contributed by atoms with Crippen molar-refractivity contribution >= 4 is 29.4 Å². The maximum absolute atomic E-state index is 13.1. The van der Waals surface area contributed by atoms with E-state index in [9.17, 15) is 22.8 Å². The number of amides is 3. The zero-order valence-electron chi connectivity index (χ0n) is 17.0. The van der Waals surface area contributed by atoms with Crippen LogP contribution in [0.4, 0.5) is 23.7 Å². The van der Waals surface area contributed by atoms with Crippen molar-refractivity contribution in [3.63, 3.8) is 0 Å². The number of anilines is 1. The molecule has 32 heavy (non-hydrogen) atoms. The van der Waals surface area contributed by atoms with Crippen LogP contribution in [-0.4, -0.2) is 38.0 Å². The van der Waals surface area contributed by atoms with E-state index >= 15 is 0 Å². The van der Waals surface area contributed by atoms with Crippen LogP contribution in [0.2, 0.25) is 0 Å². The van der Waals surface area contributed by atoms with Crippen LogP contribution in [-0.2, 0) is 11.3 Å². The van der Waals surface area contributed by atoms with Gasteiger partial charge in [-0.3, -0.25) is 4.79 Å². The van der Waals surface area contributed by atoms with Gasteiger partial charge in [-0.25, -0.2) is 9.69 Å². The summed E-state index contributed by atoms with van der Waals surface area (Å²) in [6.45, 7) is 3.09. The number of nitrogens with zero attached hydrogens (tertiary/aromatic N) is 4. The first kappa shape index (κ1) is 21.9. The molecule has 0 unspecified atom stereocenters. The van der Waals surface area contributed by atoms with Gasteiger partial charge < -0.3 is 9.42 Å². The molecule has 1 aliphatic heterocycles. The topological polar surface area (TPSA) is 79.5 Å². The number of hydrogen-bond acceptors (Lipinski definition) is 6. The van der Waals surface area contributed by atoms with Crippen molar-refractivity contribution in [3.05, 3.63) is 60.4 Å². The SMILES string of the molecule is CC1(C)C(=O)N(c2ccc(SC(F)(F)F)cc2)C(=O)N1Cc1noc(-c2ccccc2)n1. The molecule has 7 nitrogen and oxygen atoms in total. The van der Waals surface area contributed by atoms with Crippen LogP contribution >= 0.6 is 11.8 Å². The summed E-state index contributed by atoms with van der Waals surface area (Å²) in [5.74, 6) is -0.00616. The Hall–Kier alpha value is -3.34. The minimum atomic E-state index is -4.43. The third-order valence-electron chi connectivity index (χ3n) is 4.94. The van der Waals surface area contributed by atoms with E-state index in [-0.39, 0.29) is 40.6 Å². The molecule has 3 aromatic rings. The van der Waals surface area contributed by atoms with Gasteiger partial charge in [-0.15, -0.1) is 0 Å². The molecule has 166 valence electrons. The molecule has 2 heterocycles. The fraction of sp³-hybridized carbons (Fsp3) is 0.238. The molecular weight excluding hydrogens is 445 g/mol. The lowest BCUT2D eigenvalue weighted by Crippen LogP contribution is -2.43. The Morgan fingerprint density at radius 3 is 2.31 bits per heavy atom. The lowest BCUT2D eigenvalue weighted by atomic mass is 10.0. The Kier molecular flexibility index (Phi) is 5.45. The number of carbonyl (C=O) groups is 2. The van der Waals surface area contributed by atoms with Crippen LogP contribution in [0.15, 0.2) is 64.0 Å². The van der Waals surface area contributed by atoms with Gasteiger partial charge in [0.2, 0.25) is 0 Å². The molecule has 1 aromatic heterocycles. The summed E-state index contributed by atoms with van der Waals surface area (Å²) < 4.78 is 42.9. The van der Waals surface area contributed by atoms with Crippen LogP contribution in [0.3, 0.4) is 0 Å². The number of halogens is 3. The van der Waals surface area contributed by atoms with Crippen molar-refractivity contribution < 1.29 is 27.3 Å². The lowest BCUT2D eigenvalue weighted by Gasteiger charge is -2.26. The maximum atomic E-state index is 13.1. The molecule has 0 atom stereocenters. The van der Waals surface area contributed by atoms with Gasteiger partial charge in [-0.05, 0) is 62.0 Å². The third kappa shape index (κ3) is 4.20. The number of benzene rings is 2. The normalized spacial score (nSPS) is 16.2. The second-order valence-electron chi connectivity index (χ2n) is 7.49. The summed E-state index contributed by atoms with van der Waals surface area (Å²) in [6, 6.07) is 13.5. The Morgan fingerprint density at radius 1 is 1.03 bits per heavy atom. The molecule has 0 aliphatic carbocycles. The first-order valence-corrected chi connectivity index (χ1v) is 10.3. The second kappa shape index (κ2) is 7.97. The predicted octanol–water partition coefficient (Wildman–Crippen LogP) is 5.10. The molecule has 0 saturated carbocycles. The number of rotatable bonds is 5. The summed E-state index contributed by atoms with van der Waals surface area (Å²) >= 11 is -0.270. The Bertz CT molecular complexity index is 1150. The Morgan fingerprint density at radius 2 is 1.69 bits per heavy atom. The van der Waals surface area contributed by atoms with Gasteiger partial charge in [-0.2, -0.15) is 18.2 Å². The molecule has 0 N–H and O–H groups in total. The molecule has 0 radical (unpaired) electrons. The highest BCUT2D eigenvalue weighted by atomic mass is 32.2. The van der Waals surface area contributed by atoms with Gasteiger partial charge in [0.1, 0.15) is 5.54 Å². The highest BCUT2D eigenvalue weighted by molar-refractivity contribution is 8.00. The van der Waals surface area contributed by atoms with E-state index in [2.05, 4.69) is 10.1 Å². The Balaban J connectivity index is 1.56. The molecule has 4 rings (SSSR count). The zero-order chi connectivity index (χ0) is 23.1. The van der Waals surface area contributed by atoms with E-state index < -0.39 is 23.0 Å². The first-order chi connectivity index (χ1) is 15.1. The fourth-order valence-corrected chi connectivity index (χ4v) is 3.82. The average Bonchev–Trinajstić information content (AvgIpc) is 3.27. The van der Waals surface area contributed by atoms with Crippen molar-refractivity contribution in [2.24, 2.45) is 0 Å². The van der Waals surface area contributed by atoms with Crippen molar-refractivity contribution in [2.45, 2.75) is 36.3 Å². The number of alkyl halides is 3. The number of hydrogen-bond donors (Lipinski definition) is 0. The van der Waals surface area contributed by atoms with Gasteiger partial charge in [0.15, 0.2) is 5.82 Å². The fourth-order valence-electron chi connectivity index (χ4n) is 3.28. The molecule has 3 amide bonds. The van der Waals surface area contributed by atoms with Crippen molar-refractivity contribution in [1.29, 1.82) is 0 Å². The maximum Gasteiger partial charge on any atom is 0.446 e. The molecule has 11 heteroatoms. The van der Waals surface area contributed by atoms with Crippen molar-refractivity contribution in [3.8, 4) is 11.5 Å². The molecule has 1 aliphatic rings. The number of thioether (sulfide) groups is 1. The summed E-state index contributed by atoms with van der Waals surface area (Å²) in [4.78, 5) is 32.6. The predicted molar refractivity (Wildman–Crippen MR) is 111 cm³/mol. The van der Waals surface area contributed by atoms with Crippen LogP contribution in [0.1, 0.15) is 19.7 Å². The highest BCUT2D eigenvalue weighted by Crippen LogP contribution is 2.38. The van der Waals surface area contributed by atoms with Gasteiger partial charge in [0.05, 0.1) is 12.2 Å². The molecule has 0 spiro atoms. The van der Waals surface area contributed by atoms with E-state index in [1.807, 2.05) is 18.2 Å². The monoisotopic (exact) mass is 462 g/mol. The summed E-state index contributed by atoms with van der Waals surface area (Å²) in [6.07, 6.45) is 0. The first-order valence-electron chi connectivity index (χ1n) is 9.46. The Labute approximate surface area is 185 Å². The van der Waals surface area contributed by atoms with E-state index in [4.69, 9.17) is 4.52 Å². The zero-order valence-corrected chi connectivity index (χ0v) is 17.8. The van der Waals surface area contributed by atoms with Crippen LogP contribution < -0.4 is 4.90 Å². The third-order valence-corrected chi connectivity index (χ3v) is 5.68. The number of imide groups is 1. The van der Waals surface area contributed by atoms with Crippen molar-refractivity contribution in [1.82, 2.24) is 15.0 Å². The van der Waals surface area contributed by atoms with Gasteiger partial charge in [-0.1, -0.05) is 23.4 Å². The lowest BCUT2D eigenvalue weighted by molar-refractivity contribution is -0.123. The van der Waals surface area contributed by atoms with Crippen LogP contribution in [0.5, 0.6) is 0 Å². The van der Waals surface area contributed by atoms with Gasteiger partial charge >= 0.3 is 11.5 Å². The smallest absolute Gasteiger partial charge is 0.334 e. The molecule has 2 aromatic carbocycles. The number of carbonyl (C=O) groups excluding carboxylic acids is 2. The average molecular weight is 462 g/mol. The van der Waals surface area contributed by atoms with E-state index in [0.717, 1.165) is 4.90 Å². The standard InChI is InChI=1S/C21H17F3N4O3S/c1-20(2)18(29)28(14-8-10-15(11-9-14)32-21(22,23)24)19(30)27(20)12-16-25-17(31-26-16)13-6-4-3-5-7-13/h3-11H,12H2,1-2H3. The largest absolute Gasteiger partial charge is 0.446 e. The van der Waals surface area contributed by atoms with Gasteiger partial charge in [0.25, 0.3) is 11.8 Å². The van der Waals surface area contributed by atoms with Gasteiger partial charge in [0, 0.05) is 10.5 Å². The van der Waals surface area contributed by atoms with E-state index in [1.54, 1.807) is 26.0 Å². The molecular formula is C21H17F3N4O3S. The number of urea groups is 1. The quantitative estimate of drug-likeness (QED) is 0.388. The molecule has 1 fully saturated rings. The van der Waals surface area contributed by atoms with E-state index in [0.29, 0.717) is 5.56 Å². The van der Waals surface area contributed by atoms with E-state index in [1.165, 1.54) is 29.2 Å². The van der Waals surface area contributed by atoms with Crippen LogP contribution in [0.25, 0.3) is 11.5 Å². The number of aromatic nitrogens is 2. The molecule has 0 bridgehead atoms. The minimum absolute atomic E-state index is 0.0447. The summed E-state index contributed by atoms with van der Waals surface area (Å²) in [5, 5.41) is 3.91. The second-order valence-corrected chi connectivity index (χ2v) is 8.63. The highest BCUT2D eigenvalue weighted by Gasteiger charge is 2.52. The minimum Gasteiger partial charge on any atom is -0.334 e. The van der Waals surface area contributed by atoms with Crippen molar-refractivity contribution in [2.75, 3.05) is 4.90 Å².